The fraction of sp³-hybridized carbons (Fsp3) is 0.280. The Balaban J connectivity index is 0.00000353. The minimum atomic E-state index is -2.80. The van der Waals surface area contributed by atoms with Crippen molar-refractivity contribution in [3.05, 3.63) is 60.9 Å². The van der Waals surface area contributed by atoms with Gasteiger partial charge in [-0.05, 0) is 24.6 Å². The molecule has 206 valence electrons. The summed E-state index contributed by atoms with van der Waals surface area (Å²) in [7, 11) is 1.42. The van der Waals surface area contributed by atoms with E-state index in [0.717, 1.165) is 0 Å². The predicted octanol–water partition coefficient (Wildman–Crippen LogP) is 4.99. The van der Waals surface area contributed by atoms with Gasteiger partial charge in [0.15, 0.2) is 5.82 Å². The minimum absolute atomic E-state index is 0. The molecule has 2 atom stereocenters. The van der Waals surface area contributed by atoms with Gasteiger partial charge >= 0.3 is 6.55 Å². The van der Waals surface area contributed by atoms with E-state index in [4.69, 9.17) is 10.5 Å². The van der Waals surface area contributed by atoms with Crippen LogP contribution in [0.25, 0.3) is 22.5 Å². The molecule has 0 bridgehead atoms. The van der Waals surface area contributed by atoms with Crippen molar-refractivity contribution in [2.45, 2.75) is 25.2 Å². The van der Waals surface area contributed by atoms with Gasteiger partial charge in [-0.2, -0.15) is 13.9 Å². The lowest BCUT2D eigenvalue weighted by Gasteiger charge is -2.35. The largest absolute Gasteiger partial charge is 0.496 e. The summed E-state index contributed by atoms with van der Waals surface area (Å²) < 4.78 is 61.2. The second kappa shape index (κ2) is 11.8. The third kappa shape index (κ3) is 5.88. The topological polar surface area (TPSA) is 107 Å². The normalized spacial score (nSPS) is 17.2. The number of halogens is 5. The van der Waals surface area contributed by atoms with Crippen LogP contribution in [0.15, 0.2) is 55.1 Å². The van der Waals surface area contributed by atoms with Gasteiger partial charge in [0.05, 0.1) is 31.1 Å². The van der Waals surface area contributed by atoms with Gasteiger partial charge in [-0.25, -0.2) is 28.4 Å². The highest BCUT2D eigenvalue weighted by Gasteiger charge is 2.28. The molecule has 9 nitrogen and oxygen atoms in total. The lowest BCUT2D eigenvalue weighted by atomic mass is 10.0. The third-order valence-corrected chi connectivity index (χ3v) is 6.26. The van der Waals surface area contributed by atoms with E-state index in [-0.39, 0.29) is 36.1 Å². The molecule has 39 heavy (non-hydrogen) atoms. The van der Waals surface area contributed by atoms with Crippen LogP contribution in [0.2, 0.25) is 0 Å². The molecule has 3 N–H and O–H groups in total. The summed E-state index contributed by atoms with van der Waals surface area (Å²) in [5, 5.41) is 6.77. The highest BCUT2D eigenvalue weighted by atomic mass is 35.5. The second-order valence-corrected chi connectivity index (χ2v) is 8.70. The van der Waals surface area contributed by atoms with Crippen LogP contribution in [-0.2, 0) is 0 Å². The Morgan fingerprint density at radius 1 is 1.15 bits per heavy atom. The van der Waals surface area contributed by atoms with Crippen molar-refractivity contribution in [2.24, 2.45) is 5.73 Å². The average Bonchev–Trinajstić information content (AvgIpc) is 3.41. The number of hydrogen-bond donors (Lipinski definition) is 2. The van der Waals surface area contributed by atoms with Gasteiger partial charge < -0.3 is 20.7 Å². The van der Waals surface area contributed by atoms with Gasteiger partial charge in [0.2, 0.25) is 0 Å². The van der Waals surface area contributed by atoms with E-state index in [0.29, 0.717) is 46.1 Å². The van der Waals surface area contributed by atoms with Crippen LogP contribution in [0, 0.1) is 5.82 Å². The summed E-state index contributed by atoms with van der Waals surface area (Å²) in [4.78, 5) is 14.8. The highest BCUT2D eigenvalue weighted by Crippen LogP contribution is 2.35. The highest BCUT2D eigenvalue weighted by molar-refractivity contribution is 5.85. The van der Waals surface area contributed by atoms with Gasteiger partial charge in [-0.3, -0.25) is 0 Å². The zero-order chi connectivity index (χ0) is 26.8. The maximum absolute atomic E-state index is 14.6. The summed E-state index contributed by atoms with van der Waals surface area (Å²) in [6.45, 7) is -2.30. The van der Waals surface area contributed by atoms with Crippen molar-refractivity contribution in [3.63, 3.8) is 0 Å². The standard InChI is InChI=1S/C25H24F4N8O.ClH/c1-38-20-4-2-3-16(26)23(20)24-31-7-5-21(35-24)34-22-9-19(36-8-6-18(30)17(27)13-36)15(11-32-22)14-10-33-37(12-14)25(28)29;/h2-5,7,9-12,17-18,25H,6,8,13,30H2,1H3,(H,31,32,34,35);1H/t17-,18-;/m0./s1. The molecule has 0 amide bonds. The molecule has 3 aromatic heterocycles. The number of piperidine rings is 1. The van der Waals surface area contributed by atoms with Crippen LogP contribution in [0.3, 0.4) is 0 Å². The summed E-state index contributed by atoms with van der Waals surface area (Å²) in [6, 6.07) is 7.08. The number of hydrogen-bond acceptors (Lipinski definition) is 8. The lowest BCUT2D eigenvalue weighted by molar-refractivity contribution is 0.0566. The third-order valence-electron chi connectivity index (χ3n) is 6.26. The Labute approximate surface area is 227 Å². The molecular formula is C25H25ClF4N8O. The minimum Gasteiger partial charge on any atom is -0.496 e. The molecule has 4 heterocycles. The van der Waals surface area contributed by atoms with Crippen molar-refractivity contribution in [3.8, 4) is 28.3 Å². The van der Waals surface area contributed by atoms with E-state index >= 15 is 0 Å². The first-order valence-electron chi connectivity index (χ1n) is 11.7. The number of alkyl halides is 3. The van der Waals surface area contributed by atoms with Crippen molar-refractivity contribution >= 4 is 29.7 Å². The Morgan fingerprint density at radius 2 is 1.97 bits per heavy atom. The number of aromatic nitrogens is 5. The van der Waals surface area contributed by atoms with E-state index in [9.17, 15) is 17.6 Å². The van der Waals surface area contributed by atoms with Crippen molar-refractivity contribution in [1.82, 2.24) is 24.7 Å². The van der Waals surface area contributed by atoms with E-state index in [1.165, 1.54) is 44.0 Å². The van der Waals surface area contributed by atoms with Crippen molar-refractivity contribution in [1.29, 1.82) is 0 Å². The van der Waals surface area contributed by atoms with Crippen LogP contribution >= 0.6 is 12.4 Å². The van der Waals surface area contributed by atoms with Crippen LogP contribution in [-0.4, -0.2) is 57.1 Å². The monoisotopic (exact) mass is 564 g/mol. The number of nitrogens with one attached hydrogen (secondary N) is 1. The first kappa shape index (κ1) is 28.0. The summed E-state index contributed by atoms with van der Waals surface area (Å²) in [6.07, 6.45) is 4.63. The zero-order valence-corrected chi connectivity index (χ0v) is 21.5. The van der Waals surface area contributed by atoms with E-state index in [2.05, 4.69) is 25.4 Å². The first-order chi connectivity index (χ1) is 18.3. The number of nitrogens with two attached hydrogens (primary N) is 1. The second-order valence-electron chi connectivity index (χ2n) is 8.70. The van der Waals surface area contributed by atoms with Crippen LogP contribution < -0.4 is 20.7 Å². The quantitative estimate of drug-likeness (QED) is 0.303. The molecule has 0 saturated carbocycles. The number of rotatable bonds is 7. The van der Waals surface area contributed by atoms with Crippen LogP contribution in [0.4, 0.5) is 34.9 Å². The molecule has 1 aromatic carbocycles. The van der Waals surface area contributed by atoms with Gasteiger partial charge in [-0.1, -0.05) is 6.07 Å². The number of nitrogens with zero attached hydrogens (tertiary/aromatic N) is 6. The molecule has 0 spiro atoms. The van der Waals surface area contributed by atoms with Gasteiger partial charge in [0.25, 0.3) is 0 Å². The molecule has 0 unspecified atom stereocenters. The molecule has 1 saturated heterocycles. The van der Waals surface area contributed by atoms with Crippen LogP contribution in [0.1, 0.15) is 13.0 Å². The van der Waals surface area contributed by atoms with Gasteiger partial charge in [0.1, 0.15) is 29.4 Å². The predicted molar refractivity (Wildman–Crippen MR) is 141 cm³/mol. The summed E-state index contributed by atoms with van der Waals surface area (Å²) in [5.41, 5.74) is 7.44. The molecule has 14 heteroatoms. The van der Waals surface area contributed by atoms with E-state index < -0.39 is 24.6 Å². The Kier molecular flexibility index (Phi) is 8.51. The molecule has 5 rings (SSSR count). The maximum Gasteiger partial charge on any atom is 0.333 e. The van der Waals surface area contributed by atoms with Crippen LogP contribution in [0.5, 0.6) is 5.75 Å². The molecule has 1 fully saturated rings. The molecule has 1 aliphatic heterocycles. The Hall–Kier alpha value is -3.97. The summed E-state index contributed by atoms with van der Waals surface area (Å²) in [5.74, 6) is 0.507. The molecule has 0 aliphatic carbocycles. The Morgan fingerprint density at radius 3 is 2.69 bits per heavy atom. The fourth-order valence-electron chi connectivity index (χ4n) is 4.29. The zero-order valence-electron chi connectivity index (χ0n) is 20.6. The van der Waals surface area contributed by atoms with Crippen molar-refractivity contribution < 1.29 is 22.3 Å². The number of methoxy groups -OCH3 is 1. The number of ether oxygens (including phenoxy) is 1. The number of benzene rings is 1. The fourth-order valence-corrected chi connectivity index (χ4v) is 4.29. The molecule has 0 radical (unpaired) electrons. The Bertz CT molecular complexity index is 1440. The van der Waals surface area contributed by atoms with E-state index in [1.54, 1.807) is 23.1 Å². The number of pyridine rings is 1. The van der Waals surface area contributed by atoms with Gasteiger partial charge in [0, 0.05) is 48.4 Å². The van der Waals surface area contributed by atoms with E-state index in [1.807, 2.05) is 0 Å². The summed E-state index contributed by atoms with van der Waals surface area (Å²) >= 11 is 0. The smallest absolute Gasteiger partial charge is 0.333 e. The number of anilines is 3. The SMILES string of the molecule is COc1cccc(F)c1-c1nccc(Nc2cc(N3CC[C@H](N)[C@@H](F)C3)c(-c3cnn(C(F)F)c3)cn2)n1.Cl. The van der Waals surface area contributed by atoms with Gasteiger partial charge in [-0.15, -0.1) is 12.4 Å². The lowest BCUT2D eigenvalue weighted by Crippen LogP contribution is -2.48. The van der Waals surface area contributed by atoms with Crippen molar-refractivity contribution in [2.75, 3.05) is 30.4 Å². The first-order valence-corrected chi connectivity index (χ1v) is 11.7. The molecule has 4 aromatic rings. The maximum atomic E-state index is 14.6. The average molecular weight is 565 g/mol. The molecular weight excluding hydrogens is 540 g/mol. The molecule has 1 aliphatic rings.